The van der Waals surface area contributed by atoms with Gasteiger partial charge in [-0.1, -0.05) is 6.92 Å². The fraction of sp³-hybridized carbons (Fsp3) is 0.533. The summed E-state index contributed by atoms with van der Waals surface area (Å²) in [5.74, 6) is 0.434. The largest absolute Gasteiger partial charge is 0.494 e. The Morgan fingerprint density at radius 2 is 1.75 bits per heavy atom. The second-order valence-electron chi connectivity index (χ2n) is 4.76. The van der Waals surface area contributed by atoms with Gasteiger partial charge in [0.25, 0.3) is 0 Å². The van der Waals surface area contributed by atoms with E-state index in [0.717, 1.165) is 6.54 Å². The summed E-state index contributed by atoms with van der Waals surface area (Å²) in [6.07, 6.45) is 0.0996. The molecule has 0 saturated carbocycles. The quantitative estimate of drug-likeness (QED) is 0.496. The lowest BCUT2D eigenvalue weighted by Crippen LogP contribution is -2.34. The van der Waals surface area contributed by atoms with E-state index in [4.69, 9.17) is 4.74 Å². The molecular weight excluding hydrogens is 354 g/mol. The Balaban J connectivity index is 0.00000529. The fourth-order valence-electron chi connectivity index (χ4n) is 1.82. The minimum atomic E-state index is -3.61. The van der Waals surface area contributed by atoms with Gasteiger partial charge in [-0.05, 0) is 37.7 Å². The molecule has 1 aromatic rings. The van der Waals surface area contributed by atoms with Crippen LogP contribution in [0.1, 0.15) is 20.3 Å². The fourth-order valence-corrected chi connectivity index (χ4v) is 2.85. The zero-order chi connectivity index (χ0) is 17.1. The molecule has 9 heteroatoms. The van der Waals surface area contributed by atoms with Crippen molar-refractivity contribution < 1.29 is 17.9 Å². The first-order valence-corrected chi connectivity index (χ1v) is 9.18. The summed E-state index contributed by atoms with van der Waals surface area (Å²) in [6, 6.07) is 6.16. The van der Waals surface area contributed by atoms with E-state index in [9.17, 15) is 13.2 Å². The van der Waals surface area contributed by atoms with Gasteiger partial charge in [0.1, 0.15) is 5.75 Å². The van der Waals surface area contributed by atoms with Crippen molar-refractivity contribution in [2.24, 2.45) is 0 Å². The Kier molecular flexibility index (Phi) is 11.4. The summed E-state index contributed by atoms with van der Waals surface area (Å²) in [5, 5.41) is 5.79. The van der Waals surface area contributed by atoms with Crippen molar-refractivity contribution in [1.82, 2.24) is 15.4 Å². The van der Waals surface area contributed by atoms with Crippen molar-refractivity contribution in [3.63, 3.8) is 0 Å². The molecule has 0 heterocycles. The Morgan fingerprint density at radius 3 is 2.33 bits per heavy atom. The second kappa shape index (κ2) is 12.1. The lowest BCUT2D eigenvalue weighted by Gasteiger charge is -2.09. The number of amides is 1. The molecule has 0 radical (unpaired) electrons. The molecule has 7 nitrogen and oxygen atoms in total. The summed E-state index contributed by atoms with van der Waals surface area (Å²) in [5.41, 5.74) is 0. The Hall–Kier alpha value is -1.35. The van der Waals surface area contributed by atoms with E-state index in [1.54, 1.807) is 12.1 Å². The van der Waals surface area contributed by atoms with E-state index in [-0.39, 0.29) is 36.2 Å². The molecule has 0 bridgehead atoms. The number of nitrogens with one attached hydrogen (secondary N) is 3. The standard InChI is InChI=1S/C15H25N3O4S.ClH/c1-3-16-11-12-17-15(19)9-10-18-23(20,21)14-7-5-13(6-8-14)22-4-2;/h5-8,16,18H,3-4,9-12H2,1-2H3,(H,17,19);1H. The lowest BCUT2D eigenvalue weighted by atomic mass is 10.3. The Labute approximate surface area is 150 Å². The van der Waals surface area contributed by atoms with Crippen molar-refractivity contribution in [1.29, 1.82) is 0 Å². The molecule has 1 aromatic carbocycles. The maximum absolute atomic E-state index is 12.1. The van der Waals surface area contributed by atoms with Crippen LogP contribution in [0.3, 0.4) is 0 Å². The van der Waals surface area contributed by atoms with Crippen LogP contribution in [0.15, 0.2) is 29.2 Å². The number of hydrogen-bond donors (Lipinski definition) is 3. The number of sulfonamides is 1. The third kappa shape index (κ3) is 8.49. The monoisotopic (exact) mass is 379 g/mol. The molecule has 0 aromatic heterocycles. The molecule has 24 heavy (non-hydrogen) atoms. The summed E-state index contributed by atoms with van der Waals surface area (Å²) in [6.45, 7) is 6.49. The number of carbonyl (C=O) groups is 1. The molecule has 1 amide bonds. The maximum Gasteiger partial charge on any atom is 0.240 e. The van der Waals surface area contributed by atoms with Gasteiger partial charge in [-0.2, -0.15) is 0 Å². The van der Waals surface area contributed by atoms with Gasteiger partial charge >= 0.3 is 0 Å². The van der Waals surface area contributed by atoms with Crippen molar-refractivity contribution >= 4 is 28.3 Å². The average Bonchev–Trinajstić information content (AvgIpc) is 2.52. The van der Waals surface area contributed by atoms with Crippen LogP contribution in [0.5, 0.6) is 5.75 Å². The van der Waals surface area contributed by atoms with Crippen molar-refractivity contribution in [2.45, 2.75) is 25.2 Å². The highest BCUT2D eigenvalue weighted by atomic mass is 35.5. The van der Waals surface area contributed by atoms with Crippen LogP contribution in [0.2, 0.25) is 0 Å². The highest BCUT2D eigenvalue weighted by Crippen LogP contribution is 2.15. The number of rotatable bonds is 11. The second-order valence-corrected chi connectivity index (χ2v) is 6.52. The first-order valence-electron chi connectivity index (χ1n) is 7.69. The van der Waals surface area contributed by atoms with E-state index in [0.29, 0.717) is 25.4 Å². The number of benzene rings is 1. The molecule has 0 aliphatic rings. The van der Waals surface area contributed by atoms with Gasteiger partial charge in [-0.25, -0.2) is 13.1 Å². The molecule has 0 unspecified atom stereocenters. The number of ether oxygens (including phenoxy) is 1. The van der Waals surface area contributed by atoms with Crippen molar-refractivity contribution in [3.8, 4) is 5.75 Å². The van der Waals surface area contributed by atoms with E-state index in [1.165, 1.54) is 12.1 Å². The van der Waals surface area contributed by atoms with Crippen molar-refractivity contribution in [3.05, 3.63) is 24.3 Å². The molecular formula is C15H26ClN3O4S. The molecule has 0 aliphatic heterocycles. The normalized spacial score (nSPS) is 10.8. The minimum Gasteiger partial charge on any atom is -0.494 e. The zero-order valence-electron chi connectivity index (χ0n) is 14.0. The topological polar surface area (TPSA) is 96.5 Å². The smallest absolute Gasteiger partial charge is 0.240 e. The predicted molar refractivity (Wildman–Crippen MR) is 96.2 cm³/mol. The number of carbonyl (C=O) groups excluding carboxylic acids is 1. The van der Waals surface area contributed by atoms with Crippen LogP contribution in [0, 0.1) is 0 Å². The van der Waals surface area contributed by atoms with Gasteiger partial charge in [0, 0.05) is 26.1 Å². The van der Waals surface area contributed by atoms with E-state index in [2.05, 4.69) is 15.4 Å². The van der Waals surface area contributed by atoms with Crippen LogP contribution in [-0.2, 0) is 14.8 Å². The van der Waals surface area contributed by atoms with Crippen LogP contribution in [0.4, 0.5) is 0 Å². The third-order valence-electron chi connectivity index (χ3n) is 2.96. The highest BCUT2D eigenvalue weighted by Gasteiger charge is 2.14. The summed E-state index contributed by atoms with van der Waals surface area (Å²) in [7, 11) is -3.61. The average molecular weight is 380 g/mol. The molecule has 0 fully saturated rings. The molecule has 0 atom stereocenters. The molecule has 138 valence electrons. The first kappa shape index (κ1) is 22.6. The van der Waals surface area contributed by atoms with Gasteiger partial charge in [-0.3, -0.25) is 4.79 Å². The number of hydrogen-bond acceptors (Lipinski definition) is 5. The molecule has 0 saturated heterocycles. The van der Waals surface area contributed by atoms with E-state index < -0.39 is 10.0 Å². The molecule has 0 aliphatic carbocycles. The molecule has 3 N–H and O–H groups in total. The van der Waals surface area contributed by atoms with Gasteiger partial charge in [0.05, 0.1) is 11.5 Å². The van der Waals surface area contributed by atoms with Crippen LogP contribution in [0.25, 0.3) is 0 Å². The maximum atomic E-state index is 12.1. The number of likely N-dealkylation sites (N-methyl/N-ethyl adjacent to an activating group) is 1. The van der Waals surface area contributed by atoms with Crippen LogP contribution in [-0.4, -0.2) is 47.1 Å². The lowest BCUT2D eigenvalue weighted by molar-refractivity contribution is -0.120. The summed E-state index contributed by atoms with van der Waals surface area (Å²) >= 11 is 0. The predicted octanol–water partition coefficient (Wildman–Crippen LogP) is 0.901. The van der Waals surface area contributed by atoms with Crippen molar-refractivity contribution in [2.75, 3.05) is 32.8 Å². The summed E-state index contributed by atoms with van der Waals surface area (Å²) < 4.78 is 31.9. The number of halogens is 1. The molecule has 0 spiro atoms. The zero-order valence-corrected chi connectivity index (χ0v) is 15.6. The van der Waals surface area contributed by atoms with Gasteiger partial charge in [0.15, 0.2) is 0 Å². The summed E-state index contributed by atoms with van der Waals surface area (Å²) in [4.78, 5) is 11.7. The minimum absolute atomic E-state index is 0. The van der Waals surface area contributed by atoms with Gasteiger partial charge in [0.2, 0.25) is 15.9 Å². The van der Waals surface area contributed by atoms with E-state index >= 15 is 0 Å². The van der Waals surface area contributed by atoms with Crippen LogP contribution >= 0.6 is 12.4 Å². The Morgan fingerprint density at radius 1 is 1.08 bits per heavy atom. The van der Waals surface area contributed by atoms with Gasteiger partial charge < -0.3 is 15.4 Å². The first-order chi connectivity index (χ1) is 11.0. The van der Waals surface area contributed by atoms with Crippen LogP contribution < -0.4 is 20.1 Å². The third-order valence-corrected chi connectivity index (χ3v) is 4.44. The molecule has 1 rings (SSSR count). The van der Waals surface area contributed by atoms with Gasteiger partial charge in [-0.15, -0.1) is 12.4 Å². The highest BCUT2D eigenvalue weighted by molar-refractivity contribution is 7.89. The Bertz CT molecular complexity index is 579. The SMILES string of the molecule is CCNCCNC(=O)CCNS(=O)(=O)c1ccc(OCC)cc1.Cl. The van der Waals surface area contributed by atoms with E-state index in [1.807, 2.05) is 13.8 Å².